The van der Waals surface area contributed by atoms with Crippen LogP contribution in [-0.4, -0.2) is 47.6 Å². The third-order valence-electron chi connectivity index (χ3n) is 5.60. The fourth-order valence-corrected chi connectivity index (χ4v) is 5.87. The van der Waals surface area contributed by atoms with E-state index in [1.165, 1.54) is 4.31 Å². The van der Waals surface area contributed by atoms with Crippen molar-refractivity contribution < 1.29 is 23.1 Å². The summed E-state index contributed by atoms with van der Waals surface area (Å²) in [4.78, 5) is 11.5. The van der Waals surface area contributed by atoms with E-state index in [1.807, 2.05) is 26.1 Å². The number of carboxylic acids is 1. The molecule has 2 heterocycles. The van der Waals surface area contributed by atoms with Gasteiger partial charge in [0, 0.05) is 35.6 Å². The first-order chi connectivity index (χ1) is 15.1. The molecule has 32 heavy (non-hydrogen) atoms. The van der Waals surface area contributed by atoms with Gasteiger partial charge in [0.2, 0.25) is 10.0 Å². The molecule has 170 valence electrons. The molecular formula is C23H25ClN2O5S. The molecule has 4 rings (SSSR count). The Morgan fingerprint density at radius 3 is 2.59 bits per heavy atom. The van der Waals surface area contributed by atoms with Crippen molar-refractivity contribution in [3.05, 3.63) is 59.2 Å². The summed E-state index contributed by atoms with van der Waals surface area (Å²) in [7, 11) is -3.64. The van der Waals surface area contributed by atoms with E-state index in [4.69, 9.17) is 16.3 Å². The van der Waals surface area contributed by atoms with E-state index in [2.05, 4.69) is 0 Å². The van der Waals surface area contributed by atoms with E-state index in [9.17, 15) is 18.3 Å². The van der Waals surface area contributed by atoms with Gasteiger partial charge in [-0.05, 0) is 62.2 Å². The molecule has 1 N–H and O–H groups in total. The van der Waals surface area contributed by atoms with Crippen molar-refractivity contribution in [2.24, 2.45) is 0 Å². The van der Waals surface area contributed by atoms with E-state index in [-0.39, 0.29) is 23.5 Å². The lowest BCUT2D eigenvalue weighted by atomic mass is 9.98. The van der Waals surface area contributed by atoms with Crippen LogP contribution in [0.25, 0.3) is 10.9 Å². The average molecular weight is 477 g/mol. The molecule has 1 aromatic heterocycles. The van der Waals surface area contributed by atoms with Crippen molar-refractivity contribution >= 4 is 38.5 Å². The molecular weight excluding hydrogens is 452 g/mol. The fourth-order valence-electron chi connectivity index (χ4n) is 4.21. The summed E-state index contributed by atoms with van der Waals surface area (Å²) in [6, 6.07) is 11.9. The Kier molecular flexibility index (Phi) is 6.20. The Hall–Kier alpha value is -2.55. The molecule has 1 atom stereocenters. The molecule has 1 aliphatic heterocycles. The number of carbonyl (C=O) groups is 1. The molecule has 1 aliphatic rings. The van der Waals surface area contributed by atoms with Crippen molar-refractivity contribution in [3.63, 3.8) is 0 Å². The van der Waals surface area contributed by atoms with Gasteiger partial charge in [-0.1, -0.05) is 17.7 Å². The van der Waals surface area contributed by atoms with Gasteiger partial charge in [0.1, 0.15) is 12.3 Å². The molecule has 1 saturated heterocycles. The monoisotopic (exact) mass is 476 g/mol. The quantitative estimate of drug-likeness (QED) is 0.547. The highest BCUT2D eigenvalue weighted by atomic mass is 35.5. The summed E-state index contributed by atoms with van der Waals surface area (Å²) in [5.74, 6) is -0.357. The molecule has 0 amide bonds. The molecule has 0 radical (unpaired) electrons. The predicted octanol–water partition coefficient (Wildman–Crippen LogP) is 4.34. The van der Waals surface area contributed by atoms with E-state index in [0.717, 1.165) is 16.5 Å². The lowest BCUT2D eigenvalue weighted by Crippen LogP contribution is -2.28. The lowest BCUT2D eigenvalue weighted by Gasteiger charge is -2.17. The van der Waals surface area contributed by atoms with Gasteiger partial charge >= 0.3 is 5.97 Å². The Morgan fingerprint density at radius 2 is 1.94 bits per heavy atom. The second-order valence-electron chi connectivity index (χ2n) is 8.25. The Bertz CT molecular complexity index is 1250. The standard InChI is InChI=1S/C23H25ClN2O5S/c1-15(2)31-18-4-6-19(7-5-18)32(29,30)26-10-9-16(12-26)21-13-25(14-23(27)28)22-11-17(24)3-8-20(21)22/h3-8,11,13,15-16H,9-10,12,14H2,1-2H3,(H,27,28). The third kappa shape index (κ3) is 4.48. The van der Waals surface area contributed by atoms with Gasteiger partial charge in [-0.25, -0.2) is 8.42 Å². The number of carboxylic acid groups (broad SMARTS) is 1. The molecule has 7 nitrogen and oxygen atoms in total. The maximum absolute atomic E-state index is 13.2. The molecule has 3 aromatic rings. The number of sulfonamides is 1. The summed E-state index contributed by atoms with van der Waals surface area (Å²) in [6.07, 6.45) is 2.48. The van der Waals surface area contributed by atoms with Crippen LogP contribution in [0, 0.1) is 0 Å². The van der Waals surface area contributed by atoms with Crippen LogP contribution in [-0.2, 0) is 21.4 Å². The smallest absolute Gasteiger partial charge is 0.323 e. The summed E-state index contributed by atoms with van der Waals surface area (Å²) in [6.45, 7) is 4.38. The van der Waals surface area contributed by atoms with E-state index in [0.29, 0.717) is 30.3 Å². The van der Waals surface area contributed by atoms with E-state index in [1.54, 1.807) is 41.0 Å². The van der Waals surface area contributed by atoms with Gasteiger partial charge in [-0.2, -0.15) is 4.31 Å². The molecule has 0 spiro atoms. The fraction of sp³-hybridized carbons (Fsp3) is 0.348. The molecule has 0 aliphatic carbocycles. The number of rotatable bonds is 7. The van der Waals surface area contributed by atoms with Gasteiger partial charge in [0.25, 0.3) is 0 Å². The molecule has 2 aromatic carbocycles. The largest absolute Gasteiger partial charge is 0.491 e. The number of benzene rings is 2. The highest BCUT2D eigenvalue weighted by molar-refractivity contribution is 7.89. The maximum Gasteiger partial charge on any atom is 0.323 e. The highest BCUT2D eigenvalue weighted by Gasteiger charge is 2.34. The van der Waals surface area contributed by atoms with Gasteiger partial charge in [-0.15, -0.1) is 0 Å². The first-order valence-corrected chi connectivity index (χ1v) is 12.2. The summed E-state index contributed by atoms with van der Waals surface area (Å²) < 4.78 is 35.1. The first kappa shape index (κ1) is 22.6. The summed E-state index contributed by atoms with van der Waals surface area (Å²) in [5.41, 5.74) is 1.67. The molecule has 1 fully saturated rings. The van der Waals surface area contributed by atoms with Crippen LogP contribution in [0.5, 0.6) is 5.75 Å². The number of hydrogen-bond acceptors (Lipinski definition) is 4. The normalized spacial score (nSPS) is 17.3. The van der Waals surface area contributed by atoms with Gasteiger partial charge in [0.15, 0.2) is 0 Å². The number of aromatic nitrogens is 1. The second-order valence-corrected chi connectivity index (χ2v) is 10.6. The van der Waals surface area contributed by atoms with Crippen LogP contribution >= 0.6 is 11.6 Å². The number of hydrogen-bond donors (Lipinski definition) is 1. The SMILES string of the molecule is CC(C)Oc1ccc(S(=O)(=O)N2CCC(c3cn(CC(=O)O)c4cc(Cl)ccc34)C2)cc1. The average Bonchev–Trinajstić information content (AvgIpc) is 3.33. The van der Waals surface area contributed by atoms with Crippen molar-refractivity contribution in [2.75, 3.05) is 13.1 Å². The van der Waals surface area contributed by atoms with Crippen LogP contribution in [0.3, 0.4) is 0 Å². The molecule has 1 unspecified atom stereocenters. The minimum Gasteiger partial charge on any atom is -0.491 e. The van der Waals surface area contributed by atoms with Gasteiger partial charge in [0.05, 0.1) is 16.5 Å². The van der Waals surface area contributed by atoms with Gasteiger partial charge in [-0.3, -0.25) is 4.79 Å². The maximum atomic E-state index is 13.2. The molecule has 9 heteroatoms. The van der Waals surface area contributed by atoms with Crippen molar-refractivity contribution in [1.82, 2.24) is 8.87 Å². The van der Waals surface area contributed by atoms with Crippen molar-refractivity contribution in [1.29, 1.82) is 0 Å². The Balaban J connectivity index is 1.59. The summed E-state index contributed by atoms with van der Waals surface area (Å²) >= 11 is 6.13. The molecule has 0 bridgehead atoms. The zero-order chi connectivity index (χ0) is 23.0. The first-order valence-electron chi connectivity index (χ1n) is 10.4. The number of fused-ring (bicyclic) bond motifs is 1. The minimum absolute atomic E-state index is 0.00920. The van der Waals surface area contributed by atoms with Gasteiger partial charge < -0.3 is 14.4 Å². The van der Waals surface area contributed by atoms with E-state index >= 15 is 0 Å². The second kappa shape index (κ2) is 8.77. The van der Waals surface area contributed by atoms with Crippen LogP contribution < -0.4 is 4.74 Å². The minimum atomic E-state index is -3.64. The zero-order valence-corrected chi connectivity index (χ0v) is 19.4. The van der Waals surface area contributed by atoms with Crippen molar-refractivity contribution in [3.8, 4) is 5.75 Å². The van der Waals surface area contributed by atoms with Crippen LogP contribution in [0.15, 0.2) is 53.6 Å². The number of nitrogens with zero attached hydrogens (tertiary/aromatic N) is 2. The molecule has 0 saturated carbocycles. The Morgan fingerprint density at radius 1 is 1.22 bits per heavy atom. The van der Waals surface area contributed by atoms with Crippen LogP contribution in [0.2, 0.25) is 5.02 Å². The number of halogens is 1. The lowest BCUT2D eigenvalue weighted by molar-refractivity contribution is -0.137. The number of aliphatic carboxylic acids is 1. The number of ether oxygens (including phenoxy) is 1. The van der Waals surface area contributed by atoms with E-state index < -0.39 is 16.0 Å². The summed E-state index contributed by atoms with van der Waals surface area (Å²) in [5, 5.41) is 10.7. The van der Waals surface area contributed by atoms with Crippen LogP contribution in [0.4, 0.5) is 0 Å². The zero-order valence-electron chi connectivity index (χ0n) is 17.9. The third-order valence-corrected chi connectivity index (χ3v) is 7.72. The topological polar surface area (TPSA) is 88.8 Å². The highest BCUT2D eigenvalue weighted by Crippen LogP contribution is 2.37. The Labute approximate surface area is 192 Å². The van der Waals surface area contributed by atoms with Crippen LogP contribution in [0.1, 0.15) is 31.7 Å². The van der Waals surface area contributed by atoms with Crippen molar-refractivity contribution in [2.45, 2.75) is 43.7 Å². The predicted molar refractivity (Wildman–Crippen MR) is 123 cm³/mol.